The molecule has 0 aliphatic carbocycles. The predicted octanol–water partition coefficient (Wildman–Crippen LogP) is 3.54. The molecule has 0 heterocycles. The lowest BCUT2D eigenvalue weighted by Crippen LogP contribution is -2.48. The lowest BCUT2D eigenvalue weighted by atomic mass is 9.99. The largest absolute Gasteiger partial charge is 0.314 e. The maximum Gasteiger partial charge on any atom is 0.0633 e. The van der Waals surface area contributed by atoms with Crippen molar-refractivity contribution in [2.24, 2.45) is 11.5 Å². The van der Waals surface area contributed by atoms with Crippen LogP contribution in [0.5, 0.6) is 0 Å². The summed E-state index contributed by atoms with van der Waals surface area (Å²) >= 11 is 0. The first-order chi connectivity index (χ1) is 7.12. The van der Waals surface area contributed by atoms with E-state index in [4.69, 9.17) is 11.5 Å². The van der Waals surface area contributed by atoms with Crippen LogP contribution >= 0.6 is 0 Å². The van der Waals surface area contributed by atoms with E-state index in [9.17, 15) is 0 Å². The Bertz CT molecular complexity index is 132. The molecule has 0 atom stereocenters. The van der Waals surface area contributed by atoms with Gasteiger partial charge >= 0.3 is 0 Å². The molecule has 0 spiro atoms. The van der Waals surface area contributed by atoms with Crippen molar-refractivity contribution in [3.63, 3.8) is 0 Å². The minimum Gasteiger partial charge on any atom is -0.314 e. The lowest BCUT2D eigenvalue weighted by molar-refractivity contribution is 0.374. The number of unbranched alkanes of at least 4 members (excludes halogenated alkanes) is 7. The van der Waals surface area contributed by atoms with E-state index in [2.05, 4.69) is 13.8 Å². The van der Waals surface area contributed by atoms with E-state index < -0.39 is 5.66 Å². The predicted molar refractivity (Wildman–Crippen MR) is 68.6 cm³/mol. The van der Waals surface area contributed by atoms with Crippen LogP contribution < -0.4 is 11.5 Å². The molecule has 0 aromatic rings. The van der Waals surface area contributed by atoms with E-state index in [1.165, 1.54) is 51.4 Å². The third kappa shape index (κ3) is 10.2. The van der Waals surface area contributed by atoms with Gasteiger partial charge in [0.15, 0.2) is 0 Å². The number of hydrogen-bond donors (Lipinski definition) is 2. The average molecular weight is 214 g/mol. The summed E-state index contributed by atoms with van der Waals surface area (Å²) in [5, 5.41) is 0. The molecule has 92 valence electrons. The molecule has 0 amide bonds. The van der Waals surface area contributed by atoms with E-state index >= 15 is 0 Å². The van der Waals surface area contributed by atoms with E-state index in [1.54, 1.807) is 0 Å². The lowest BCUT2D eigenvalue weighted by Gasteiger charge is -2.22. The van der Waals surface area contributed by atoms with Gasteiger partial charge in [-0.05, 0) is 12.8 Å². The fourth-order valence-corrected chi connectivity index (χ4v) is 1.76. The van der Waals surface area contributed by atoms with Crippen LogP contribution in [0.25, 0.3) is 0 Å². The van der Waals surface area contributed by atoms with Gasteiger partial charge in [-0.1, -0.05) is 65.2 Å². The summed E-state index contributed by atoms with van der Waals surface area (Å²) in [7, 11) is 0. The SMILES string of the molecule is CCCCCCCCCCC(N)(N)CC. The second kappa shape index (κ2) is 9.17. The zero-order chi connectivity index (χ0) is 11.6. The van der Waals surface area contributed by atoms with Gasteiger partial charge in [0.25, 0.3) is 0 Å². The Hall–Kier alpha value is -0.0800. The maximum absolute atomic E-state index is 5.87. The van der Waals surface area contributed by atoms with Crippen LogP contribution in [0, 0.1) is 0 Å². The molecular weight excluding hydrogens is 184 g/mol. The molecular formula is C13H30N2. The highest BCUT2D eigenvalue weighted by molar-refractivity contribution is 4.73. The summed E-state index contributed by atoms with van der Waals surface area (Å²) in [4.78, 5) is 0. The second-order valence-electron chi connectivity index (χ2n) is 4.81. The molecule has 4 N–H and O–H groups in total. The van der Waals surface area contributed by atoms with Crippen molar-refractivity contribution < 1.29 is 0 Å². The minimum atomic E-state index is -0.414. The highest BCUT2D eigenvalue weighted by atomic mass is 14.9. The normalized spacial score (nSPS) is 12.0. The molecule has 0 aliphatic heterocycles. The first kappa shape index (κ1) is 14.9. The van der Waals surface area contributed by atoms with Gasteiger partial charge in [-0.3, -0.25) is 0 Å². The van der Waals surface area contributed by atoms with Gasteiger partial charge < -0.3 is 11.5 Å². The van der Waals surface area contributed by atoms with Crippen molar-refractivity contribution in [1.29, 1.82) is 0 Å². The van der Waals surface area contributed by atoms with Gasteiger partial charge in [0.05, 0.1) is 5.66 Å². The Morgan fingerprint density at radius 1 is 0.733 bits per heavy atom. The van der Waals surface area contributed by atoms with Gasteiger partial charge in [-0.15, -0.1) is 0 Å². The molecule has 2 heteroatoms. The van der Waals surface area contributed by atoms with Crippen LogP contribution in [0.2, 0.25) is 0 Å². The Kier molecular flexibility index (Phi) is 9.12. The Balaban J connectivity index is 3.11. The molecule has 0 radical (unpaired) electrons. The zero-order valence-corrected chi connectivity index (χ0v) is 10.7. The molecule has 0 saturated carbocycles. The first-order valence-corrected chi connectivity index (χ1v) is 6.70. The summed E-state index contributed by atoms with van der Waals surface area (Å²) in [5.41, 5.74) is 11.3. The van der Waals surface area contributed by atoms with E-state index in [-0.39, 0.29) is 0 Å². The maximum atomic E-state index is 5.87. The second-order valence-corrected chi connectivity index (χ2v) is 4.81. The fourth-order valence-electron chi connectivity index (χ4n) is 1.76. The Morgan fingerprint density at radius 2 is 1.20 bits per heavy atom. The van der Waals surface area contributed by atoms with Crippen LogP contribution in [0.1, 0.15) is 78.1 Å². The molecule has 0 rings (SSSR count). The molecule has 0 unspecified atom stereocenters. The molecule has 0 aromatic carbocycles. The molecule has 0 aromatic heterocycles. The minimum absolute atomic E-state index is 0.414. The monoisotopic (exact) mass is 214 g/mol. The average Bonchev–Trinajstić information content (AvgIpc) is 2.22. The Labute approximate surface area is 95.8 Å². The topological polar surface area (TPSA) is 52.0 Å². The quantitative estimate of drug-likeness (QED) is 0.432. The van der Waals surface area contributed by atoms with Gasteiger partial charge in [0.2, 0.25) is 0 Å². The van der Waals surface area contributed by atoms with Gasteiger partial charge in [0, 0.05) is 0 Å². The fraction of sp³-hybridized carbons (Fsp3) is 1.00. The molecule has 0 bridgehead atoms. The van der Waals surface area contributed by atoms with Gasteiger partial charge in [0.1, 0.15) is 0 Å². The van der Waals surface area contributed by atoms with Crippen LogP contribution in [0.15, 0.2) is 0 Å². The third-order valence-corrected chi connectivity index (χ3v) is 3.15. The van der Waals surface area contributed by atoms with Crippen molar-refractivity contribution in [3.8, 4) is 0 Å². The summed E-state index contributed by atoms with van der Waals surface area (Å²) in [6.07, 6.45) is 12.6. The summed E-state index contributed by atoms with van der Waals surface area (Å²) in [6.45, 7) is 4.32. The van der Waals surface area contributed by atoms with Gasteiger partial charge in [-0.2, -0.15) is 0 Å². The Morgan fingerprint density at radius 3 is 1.67 bits per heavy atom. The molecule has 0 fully saturated rings. The van der Waals surface area contributed by atoms with Crippen LogP contribution in [0.3, 0.4) is 0 Å². The van der Waals surface area contributed by atoms with Crippen LogP contribution in [0.4, 0.5) is 0 Å². The summed E-state index contributed by atoms with van der Waals surface area (Å²) < 4.78 is 0. The smallest absolute Gasteiger partial charge is 0.0633 e. The third-order valence-electron chi connectivity index (χ3n) is 3.15. The van der Waals surface area contributed by atoms with Gasteiger partial charge in [-0.25, -0.2) is 0 Å². The summed E-state index contributed by atoms with van der Waals surface area (Å²) in [5.74, 6) is 0. The highest BCUT2D eigenvalue weighted by Crippen LogP contribution is 2.13. The molecule has 0 saturated heterocycles. The van der Waals surface area contributed by atoms with Crippen molar-refractivity contribution in [1.82, 2.24) is 0 Å². The number of rotatable bonds is 10. The van der Waals surface area contributed by atoms with Crippen molar-refractivity contribution in [2.45, 2.75) is 83.7 Å². The summed E-state index contributed by atoms with van der Waals surface area (Å²) in [6, 6.07) is 0. The number of nitrogens with two attached hydrogens (primary N) is 2. The van der Waals surface area contributed by atoms with Crippen molar-refractivity contribution in [2.75, 3.05) is 0 Å². The highest BCUT2D eigenvalue weighted by Gasteiger charge is 2.14. The molecule has 2 nitrogen and oxygen atoms in total. The standard InChI is InChI=1S/C13H30N2/c1-3-5-6-7-8-9-10-11-12-13(14,15)4-2/h3-12,14-15H2,1-2H3. The first-order valence-electron chi connectivity index (χ1n) is 6.70. The number of hydrogen-bond acceptors (Lipinski definition) is 2. The molecule has 0 aliphatic rings. The van der Waals surface area contributed by atoms with E-state index in [0.29, 0.717) is 0 Å². The zero-order valence-electron chi connectivity index (χ0n) is 10.7. The van der Waals surface area contributed by atoms with Crippen LogP contribution in [-0.2, 0) is 0 Å². The van der Waals surface area contributed by atoms with Crippen molar-refractivity contribution >= 4 is 0 Å². The van der Waals surface area contributed by atoms with Crippen molar-refractivity contribution in [3.05, 3.63) is 0 Å². The van der Waals surface area contributed by atoms with Crippen LogP contribution in [-0.4, -0.2) is 5.66 Å². The van der Waals surface area contributed by atoms with E-state index in [1.807, 2.05) is 0 Å². The van der Waals surface area contributed by atoms with E-state index in [0.717, 1.165) is 12.8 Å². The molecule has 15 heavy (non-hydrogen) atoms.